The number of rotatable bonds is 3. The van der Waals surface area contributed by atoms with Gasteiger partial charge >= 0.3 is 0 Å². The van der Waals surface area contributed by atoms with Crippen LogP contribution in [0.4, 0.5) is 10.1 Å². The zero-order chi connectivity index (χ0) is 13.1. The SMILES string of the molecule is CCCC1NC(=O)CN(c2cccc(F)c2)C1=O. The van der Waals surface area contributed by atoms with Crippen LogP contribution >= 0.6 is 0 Å². The Labute approximate surface area is 105 Å². The van der Waals surface area contributed by atoms with Crippen molar-refractivity contribution in [3.05, 3.63) is 30.1 Å². The molecule has 1 atom stereocenters. The summed E-state index contributed by atoms with van der Waals surface area (Å²) in [7, 11) is 0. The molecule has 4 nitrogen and oxygen atoms in total. The van der Waals surface area contributed by atoms with Gasteiger partial charge in [0, 0.05) is 5.69 Å². The van der Waals surface area contributed by atoms with Crippen LogP contribution in [0.25, 0.3) is 0 Å². The number of hydrogen-bond acceptors (Lipinski definition) is 2. The third-order valence-corrected chi connectivity index (χ3v) is 2.90. The highest BCUT2D eigenvalue weighted by Gasteiger charge is 2.32. The molecule has 0 bridgehead atoms. The fourth-order valence-electron chi connectivity index (χ4n) is 2.06. The minimum Gasteiger partial charge on any atom is -0.343 e. The predicted molar refractivity (Wildman–Crippen MR) is 65.6 cm³/mol. The first-order valence-corrected chi connectivity index (χ1v) is 5.98. The van der Waals surface area contributed by atoms with Crippen LogP contribution in [-0.2, 0) is 9.59 Å². The third kappa shape index (κ3) is 2.50. The smallest absolute Gasteiger partial charge is 0.250 e. The lowest BCUT2D eigenvalue weighted by Crippen LogP contribution is -2.58. The highest BCUT2D eigenvalue weighted by Crippen LogP contribution is 2.19. The van der Waals surface area contributed by atoms with Gasteiger partial charge in [-0.3, -0.25) is 9.59 Å². The van der Waals surface area contributed by atoms with Gasteiger partial charge in [0.25, 0.3) is 0 Å². The van der Waals surface area contributed by atoms with E-state index in [9.17, 15) is 14.0 Å². The van der Waals surface area contributed by atoms with Crippen LogP contribution in [0.5, 0.6) is 0 Å². The Morgan fingerprint density at radius 3 is 2.89 bits per heavy atom. The number of anilines is 1. The maximum atomic E-state index is 13.2. The zero-order valence-corrected chi connectivity index (χ0v) is 10.1. The van der Waals surface area contributed by atoms with Gasteiger partial charge in [-0.05, 0) is 24.6 Å². The largest absolute Gasteiger partial charge is 0.343 e. The summed E-state index contributed by atoms with van der Waals surface area (Å²) < 4.78 is 13.2. The van der Waals surface area contributed by atoms with Gasteiger partial charge < -0.3 is 10.2 Å². The molecule has 0 saturated carbocycles. The Bertz CT molecular complexity index is 476. The molecular weight excluding hydrogens is 235 g/mol. The highest BCUT2D eigenvalue weighted by atomic mass is 19.1. The number of carbonyl (C=O) groups excluding carboxylic acids is 2. The van der Waals surface area contributed by atoms with Crippen LogP contribution in [0.2, 0.25) is 0 Å². The van der Waals surface area contributed by atoms with E-state index in [1.165, 1.54) is 23.1 Å². The second kappa shape index (κ2) is 5.16. The average Bonchev–Trinajstić information content (AvgIpc) is 2.33. The number of nitrogens with one attached hydrogen (secondary N) is 1. The van der Waals surface area contributed by atoms with Crippen LogP contribution in [0, 0.1) is 5.82 Å². The summed E-state index contributed by atoms with van der Waals surface area (Å²) in [5.41, 5.74) is 0.427. The van der Waals surface area contributed by atoms with E-state index in [2.05, 4.69) is 5.32 Å². The predicted octanol–water partition coefficient (Wildman–Crippen LogP) is 1.46. The van der Waals surface area contributed by atoms with Crippen molar-refractivity contribution < 1.29 is 14.0 Å². The molecule has 0 spiro atoms. The lowest BCUT2D eigenvalue weighted by molar-refractivity contribution is -0.131. The average molecular weight is 250 g/mol. The number of benzene rings is 1. The molecule has 1 heterocycles. The van der Waals surface area contributed by atoms with Gasteiger partial charge in [0.05, 0.1) is 0 Å². The van der Waals surface area contributed by atoms with E-state index in [0.717, 1.165) is 6.42 Å². The maximum Gasteiger partial charge on any atom is 0.250 e. The summed E-state index contributed by atoms with van der Waals surface area (Å²) in [6, 6.07) is 5.22. The molecule has 0 aromatic heterocycles. The Balaban J connectivity index is 2.26. The monoisotopic (exact) mass is 250 g/mol. The highest BCUT2D eigenvalue weighted by molar-refractivity contribution is 6.06. The molecule has 1 N–H and O–H groups in total. The van der Waals surface area contributed by atoms with E-state index in [-0.39, 0.29) is 18.4 Å². The van der Waals surface area contributed by atoms with Gasteiger partial charge in [0.15, 0.2) is 0 Å². The molecule has 1 aliphatic rings. The van der Waals surface area contributed by atoms with Crippen molar-refractivity contribution >= 4 is 17.5 Å². The van der Waals surface area contributed by atoms with Crippen molar-refractivity contribution in [2.24, 2.45) is 0 Å². The van der Waals surface area contributed by atoms with Gasteiger partial charge in [-0.25, -0.2) is 4.39 Å². The molecule has 96 valence electrons. The Kier molecular flexibility index (Phi) is 3.60. The number of carbonyl (C=O) groups is 2. The van der Waals surface area contributed by atoms with Crippen molar-refractivity contribution in [1.82, 2.24) is 5.32 Å². The number of halogens is 1. The molecule has 1 saturated heterocycles. The number of nitrogens with zero attached hydrogens (tertiary/aromatic N) is 1. The molecule has 5 heteroatoms. The van der Waals surface area contributed by atoms with E-state index in [1.807, 2.05) is 6.92 Å². The summed E-state index contributed by atoms with van der Waals surface area (Å²) in [6.45, 7) is 1.89. The van der Waals surface area contributed by atoms with Gasteiger partial charge in [0.1, 0.15) is 18.4 Å². The maximum absolute atomic E-state index is 13.2. The summed E-state index contributed by atoms with van der Waals surface area (Å²) >= 11 is 0. The second-order valence-corrected chi connectivity index (χ2v) is 4.31. The molecule has 2 amide bonds. The molecule has 1 aromatic rings. The normalized spacial score (nSPS) is 19.9. The van der Waals surface area contributed by atoms with Gasteiger partial charge in [0.2, 0.25) is 11.8 Å². The fraction of sp³-hybridized carbons (Fsp3) is 0.385. The van der Waals surface area contributed by atoms with Crippen LogP contribution in [0.15, 0.2) is 24.3 Å². The molecule has 2 rings (SSSR count). The zero-order valence-electron chi connectivity index (χ0n) is 10.1. The lowest BCUT2D eigenvalue weighted by Gasteiger charge is -2.32. The van der Waals surface area contributed by atoms with E-state index in [4.69, 9.17) is 0 Å². The molecule has 18 heavy (non-hydrogen) atoms. The molecule has 0 aliphatic carbocycles. The number of hydrogen-bond donors (Lipinski definition) is 1. The molecule has 1 fully saturated rings. The minimum atomic E-state index is -0.500. The van der Waals surface area contributed by atoms with Gasteiger partial charge in [-0.1, -0.05) is 19.4 Å². The van der Waals surface area contributed by atoms with E-state index < -0.39 is 11.9 Å². The minimum absolute atomic E-state index is 0.0531. The van der Waals surface area contributed by atoms with Crippen LogP contribution in [0.1, 0.15) is 19.8 Å². The molecule has 1 aliphatic heterocycles. The fourth-order valence-corrected chi connectivity index (χ4v) is 2.06. The topological polar surface area (TPSA) is 49.4 Å². The van der Waals surface area contributed by atoms with Crippen molar-refractivity contribution in [1.29, 1.82) is 0 Å². The van der Waals surface area contributed by atoms with E-state index in [1.54, 1.807) is 6.07 Å². The summed E-state index contributed by atoms with van der Waals surface area (Å²) in [5, 5.41) is 2.66. The summed E-state index contributed by atoms with van der Waals surface area (Å²) in [4.78, 5) is 25.1. The van der Waals surface area contributed by atoms with Crippen LogP contribution < -0.4 is 10.2 Å². The van der Waals surface area contributed by atoms with Gasteiger partial charge in [-0.2, -0.15) is 0 Å². The summed E-state index contributed by atoms with van der Waals surface area (Å²) in [5.74, 6) is -0.808. The molecule has 0 radical (unpaired) electrons. The van der Waals surface area contributed by atoms with Crippen molar-refractivity contribution in [3.63, 3.8) is 0 Å². The molecule has 1 unspecified atom stereocenters. The second-order valence-electron chi connectivity index (χ2n) is 4.31. The van der Waals surface area contributed by atoms with Gasteiger partial charge in [-0.15, -0.1) is 0 Å². The van der Waals surface area contributed by atoms with E-state index >= 15 is 0 Å². The number of piperazine rings is 1. The first-order valence-electron chi connectivity index (χ1n) is 5.98. The van der Waals surface area contributed by atoms with Crippen LogP contribution in [-0.4, -0.2) is 24.4 Å². The first kappa shape index (κ1) is 12.5. The Morgan fingerprint density at radius 2 is 2.22 bits per heavy atom. The Hall–Kier alpha value is -1.91. The lowest BCUT2D eigenvalue weighted by atomic mass is 10.1. The standard InChI is InChI=1S/C13H15FN2O2/c1-2-4-11-13(18)16(8-12(17)15-11)10-6-3-5-9(14)7-10/h3,5-7,11H,2,4,8H2,1H3,(H,15,17). The molecule has 1 aromatic carbocycles. The van der Waals surface area contributed by atoms with Crippen molar-refractivity contribution in [3.8, 4) is 0 Å². The summed E-state index contributed by atoms with van der Waals surface area (Å²) in [6.07, 6.45) is 1.39. The van der Waals surface area contributed by atoms with Crippen molar-refractivity contribution in [2.45, 2.75) is 25.8 Å². The third-order valence-electron chi connectivity index (χ3n) is 2.90. The first-order chi connectivity index (χ1) is 8.61. The van der Waals surface area contributed by atoms with E-state index in [0.29, 0.717) is 12.1 Å². The quantitative estimate of drug-likeness (QED) is 0.882. The van der Waals surface area contributed by atoms with Crippen LogP contribution in [0.3, 0.4) is 0 Å². The Morgan fingerprint density at radius 1 is 1.44 bits per heavy atom. The molecular formula is C13H15FN2O2. The van der Waals surface area contributed by atoms with Crippen molar-refractivity contribution in [2.75, 3.05) is 11.4 Å². The number of amides is 2.